The molecule has 0 aromatic rings. The maximum absolute atomic E-state index is 11.1. The Morgan fingerprint density at radius 2 is 2.08 bits per heavy atom. The molecule has 0 radical (unpaired) electrons. The molecule has 0 rings (SSSR count). The molecule has 0 aliphatic rings. The molecular weight excluding hydrogens is 168 g/mol. The van der Waals surface area contributed by atoms with Gasteiger partial charge in [-0.15, -0.1) is 0 Å². The normalized spacial score (nSPS) is 11.9. The van der Waals surface area contributed by atoms with Crippen LogP contribution in [0, 0.1) is 0 Å². The van der Waals surface area contributed by atoms with E-state index in [0.717, 1.165) is 0 Å². The summed E-state index contributed by atoms with van der Waals surface area (Å²) in [5.74, 6) is -0.427. The molecule has 1 unspecified atom stereocenters. The van der Waals surface area contributed by atoms with Crippen LogP contribution in [0.4, 0.5) is 0 Å². The first-order valence-corrected chi connectivity index (χ1v) is 4.19. The minimum atomic E-state index is -0.619. The van der Waals surface area contributed by atoms with Crippen LogP contribution in [0.15, 0.2) is 24.3 Å². The molecule has 0 aromatic carbocycles. The van der Waals surface area contributed by atoms with Crippen LogP contribution < -0.4 is 0 Å². The molecule has 0 aliphatic carbocycles. The van der Waals surface area contributed by atoms with Gasteiger partial charge < -0.3 is 9.84 Å². The van der Waals surface area contributed by atoms with Crippen LogP contribution in [-0.2, 0) is 9.53 Å². The Labute approximate surface area is 78.7 Å². The minimum absolute atomic E-state index is 0.288. The Kier molecular flexibility index (Phi) is 5.07. The summed E-state index contributed by atoms with van der Waals surface area (Å²) in [5.41, 5.74) is 0.894. The Morgan fingerprint density at radius 1 is 1.54 bits per heavy atom. The molecule has 13 heavy (non-hydrogen) atoms. The highest BCUT2D eigenvalue weighted by atomic mass is 16.5. The van der Waals surface area contributed by atoms with E-state index in [0.29, 0.717) is 17.8 Å². The van der Waals surface area contributed by atoms with Crippen molar-refractivity contribution in [1.82, 2.24) is 0 Å². The third-order valence-corrected chi connectivity index (χ3v) is 1.60. The summed E-state index contributed by atoms with van der Waals surface area (Å²) in [5, 5.41) is 9.09. The number of aliphatic hydroxyl groups is 1. The lowest BCUT2D eigenvalue weighted by molar-refractivity contribution is -0.138. The second-order valence-electron chi connectivity index (χ2n) is 2.84. The molecular formula is C10H16O3. The molecule has 3 heteroatoms. The first-order valence-electron chi connectivity index (χ1n) is 4.19. The molecule has 0 bridgehead atoms. The van der Waals surface area contributed by atoms with E-state index in [1.165, 1.54) is 0 Å². The lowest BCUT2D eigenvalue weighted by atomic mass is 10.0. The molecule has 0 aromatic heterocycles. The SMILES string of the molecule is C=C(CC(=C)C(C)O)C(=O)OCC. The Morgan fingerprint density at radius 3 is 2.46 bits per heavy atom. The van der Waals surface area contributed by atoms with E-state index in [4.69, 9.17) is 9.84 Å². The number of hydrogen-bond donors (Lipinski definition) is 1. The third-order valence-electron chi connectivity index (χ3n) is 1.60. The fraction of sp³-hybridized carbons (Fsp3) is 0.500. The molecule has 0 fully saturated rings. The standard InChI is InChI=1S/C10H16O3/c1-5-13-10(12)8(3)6-7(2)9(4)11/h9,11H,2-3,5-6H2,1,4H3. The van der Waals surface area contributed by atoms with Crippen LogP contribution in [0.1, 0.15) is 20.3 Å². The van der Waals surface area contributed by atoms with E-state index in [2.05, 4.69) is 13.2 Å². The molecule has 1 atom stereocenters. The molecule has 0 saturated heterocycles. The molecule has 1 N–H and O–H groups in total. The molecule has 74 valence electrons. The van der Waals surface area contributed by atoms with Crippen molar-refractivity contribution in [2.75, 3.05) is 6.61 Å². The molecule has 0 heterocycles. The van der Waals surface area contributed by atoms with E-state index in [-0.39, 0.29) is 6.42 Å². The van der Waals surface area contributed by atoms with E-state index in [9.17, 15) is 4.79 Å². The average Bonchev–Trinajstić information content (AvgIpc) is 2.04. The predicted octanol–water partition coefficient (Wildman–Crippen LogP) is 1.43. The van der Waals surface area contributed by atoms with Crippen LogP contribution >= 0.6 is 0 Å². The van der Waals surface area contributed by atoms with Crippen molar-refractivity contribution < 1.29 is 14.6 Å². The van der Waals surface area contributed by atoms with Crippen LogP contribution in [0.25, 0.3) is 0 Å². The summed E-state index contributed by atoms with van der Waals surface area (Å²) in [6, 6.07) is 0. The summed E-state index contributed by atoms with van der Waals surface area (Å²) < 4.78 is 4.72. The lowest BCUT2D eigenvalue weighted by Crippen LogP contribution is -2.11. The first-order chi connectivity index (χ1) is 5.99. The zero-order chi connectivity index (χ0) is 10.4. The summed E-state index contributed by atoms with van der Waals surface area (Å²) in [6.07, 6.45) is -0.331. The number of esters is 1. The average molecular weight is 184 g/mol. The van der Waals surface area contributed by atoms with Crippen LogP contribution in [-0.4, -0.2) is 23.8 Å². The van der Waals surface area contributed by atoms with Gasteiger partial charge in [0.2, 0.25) is 0 Å². The molecule has 0 amide bonds. The summed E-state index contributed by atoms with van der Waals surface area (Å²) >= 11 is 0. The van der Waals surface area contributed by atoms with Gasteiger partial charge in [0.1, 0.15) is 0 Å². The molecule has 3 nitrogen and oxygen atoms in total. The smallest absolute Gasteiger partial charge is 0.333 e. The van der Waals surface area contributed by atoms with Crippen LogP contribution in [0.3, 0.4) is 0 Å². The zero-order valence-corrected chi connectivity index (χ0v) is 8.17. The molecule has 0 spiro atoms. The van der Waals surface area contributed by atoms with Gasteiger partial charge in [0.25, 0.3) is 0 Å². The Balaban J connectivity index is 4.01. The highest BCUT2D eigenvalue weighted by Crippen LogP contribution is 2.12. The Bertz CT molecular complexity index is 216. The summed E-state index contributed by atoms with van der Waals surface area (Å²) in [6.45, 7) is 10.8. The monoisotopic (exact) mass is 184 g/mol. The number of aliphatic hydroxyl groups excluding tert-OH is 1. The van der Waals surface area contributed by atoms with Gasteiger partial charge in [-0.25, -0.2) is 4.79 Å². The van der Waals surface area contributed by atoms with Gasteiger partial charge >= 0.3 is 5.97 Å². The van der Waals surface area contributed by atoms with Crippen molar-refractivity contribution in [3.63, 3.8) is 0 Å². The van der Waals surface area contributed by atoms with E-state index in [1.54, 1.807) is 13.8 Å². The number of carbonyl (C=O) groups excluding carboxylic acids is 1. The number of hydrogen-bond acceptors (Lipinski definition) is 3. The fourth-order valence-electron chi connectivity index (χ4n) is 0.727. The maximum atomic E-state index is 11.1. The van der Waals surface area contributed by atoms with E-state index < -0.39 is 12.1 Å². The number of ether oxygens (including phenoxy) is 1. The first kappa shape index (κ1) is 11.9. The van der Waals surface area contributed by atoms with Crippen molar-refractivity contribution in [3.05, 3.63) is 24.3 Å². The third kappa shape index (κ3) is 4.48. The zero-order valence-electron chi connectivity index (χ0n) is 8.17. The van der Waals surface area contributed by atoms with Crippen LogP contribution in [0.2, 0.25) is 0 Å². The van der Waals surface area contributed by atoms with Crippen molar-refractivity contribution in [2.45, 2.75) is 26.4 Å². The van der Waals surface area contributed by atoms with Gasteiger partial charge in [-0.2, -0.15) is 0 Å². The number of carbonyl (C=O) groups is 1. The van der Waals surface area contributed by atoms with Crippen molar-refractivity contribution in [1.29, 1.82) is 0 Å². The van der Waals surface area contributed by atoms with Crippen molar-refractivity contribution in [2.24, 2.45) is 0 Å². The highest BCUT2D eigenvalue weighted by Gasteiger charge is 2.11. The maximum Gasteiger partial charge on any atom is 0.333 e. The van der Waals surface area contributed by atoms with Gasteiger partial charge in [-0.3, -0.25) is 0 Å². The van der Waals surface area contributed by atoms with Gasteiger partial charge in [0.15, 0.2) is 0 Å². The Hall–Kier alpha value is -1.09. The second kappa shape index (κ2) is 5.54. The molecule has 0 saturated carbocycles. The summed E-state index contributed by atoms with van der Waals surface area (Å²) in [7, 11) is 0. The molecule has 0 aliphatic heterocycles. The van der Waals surface area contributed by atoms with Gasteiger partial charge in [0.05, 0.1) is 12.7 Å². The lowest BCUT2D eigenvalue weighted by Gasteiger charge is -2.09. The fourth-order valence-corrected chi connectivity index (χ4v) is 0.727. The highest BCUT2D eigenvalue weighted by molar-refractivity contribution is 5.88. The van der Waals surface area contributed by atoms with Gasteiger partial charge in [-0.05, 0) is 19.4 Å². The number of rotatable bonds is 5. The second-order valence-corrected chi connectivity index (χ2v) is 2.84. The predicted molar refractivity (Wildman–Crippen MR) is 51.2 cm³/mol. The van der Waals surface area contributed by atoms with E-state index in [1.807, 2.05) is 0 Å². The van der Waals surface area contributed by atoms with Gasteiger partial charge in [-0.1, -0.05) is 13.2 Å². The topological polar surface area (TPSA) is 46.5 Å². The van der Waals surface area contributed by atoms with Crippen LogP contribution in [0.5, 0.6) is 0 Å². The minimum Gasteiger partial charge on any atom is -0.463 e. The van der Waals surface area contributed by atoms with Gasteiger partial charge in [0, 0.05) is 12.0 Å². The summed E-state index contributed by atoms with van der Waals surface area (Å²) in [4.78, 5) is 11.1. The van der Waals surface area contributed by atoms with Crippen molar-refractivity contribution >= 4 is 5.97 Å². The van der Waals surface area contributed by atoms with Crippen molar-refractivity contribution in [3.8, 4) is 0 Å². The largest absolute Gasteiger partial charge is 0.463 e. The quantitative estimate of drug-likeness (QED) is 0.399. The van der Waals surface area contributed by atoms with E-state index >= 15 is 0 Å².